The van der Waals surface area contributed by atoms with Crippen molar-refractivity contribution in [2.75, 3.05) is 18.4 Å². The lowest BCUT2D eigenvalue weighted by atomic mass is 9.93. The molecule has 0 saturated carbocycles. The van der Waals surface area contributed by atoms with E-state index in [-0.39, 0.29) is 17.9 Å². The van der Waals surface area contributed by atoms with Crippen molar-refractivity contribution in [2.45, 2.75) is 53.2 Å². The highest BCUT2D eigenvalue weighted by Gasteiger charge is 2.32. The average molecular weight is 509 g/mol. The van der Waals surface area contributed by atoms with Crippen molar-refractivity contribution < 1.29 is 14.3 Å². The number of aromatic nitrogens is 2. The molecule has 1 N–H and O–H groups in total. The molecule has 36 heavy (non-hydrogen) atoms. The number of nitrogens with zero attached hydrogens (tertiary/aromatic N) is 3. The van der Waals surface area contributed by atoms with Crippen molar-refractivity contribution in [3.05, 3.63) is 76.6 Å². The molecule has 1 aliphatic heterocycles. The number of carbonyl (C=O) groups excluding carboxylic acids is 2. The molecule has 0 aliphatic carbocycles. The van der Waals surface area contributed by atoms with Crippen molar-refractivity contribution in [3.8, 4) is 5.75 Å². The van der Waals surface area contributed by atoms with Crippen molar-refractivity contribution in [1.82, 2.24) is 14.7 Å². The zero-order valence-electron chi connectivity index (χ0n) is 21.3. The van der Waals surface area contributed by atoms with E-state index in [2.05, 4.69) is 10.4 Å². The van der Waals surface area contributed by atoms with Gasteiger partial charge in [-0.1, -0.05) is 62.7 Å². The summed E-state index contributed by atoms with van der Waals surface area (Å²) in [6, 6.07) is 15.5. The van der Waals surface area contributed by atoms with Crippen LogP contribution >= 0.6 is 11.6 Å². The van der Waals surface area contributed by atoms with E-state index in [1.807, 2.05) is 81.1 Å². The number of halogens is 1. The average Bonchev–Trinajstić information content (AvgIpc) is 3.25. The Morgan fingerprint density at radius 3 is 2.44 bits per heavy atom. The number of hydrogen-bond donors (Lipinski definition) is 1. The first-order valence-electron chi connectivity index (χ1n) is 12.2. The van der Waals surface area contributed by atoms with Crippen LogP contribution in [0.4, 0.5) is 5.69 Å². The molecule has 7 nitrogen and oxygen atoms in total. The van der Waals surface area contributed by atoms with E-state index >= 15 is 0 Å². The molecule has 0 radical (unpaired) electrons. The number of aryl methyl sites for hydroxylation is 1. The SMILES string of the molecule is Cc1cc(OCc2ccccc2)ccc1NC(=O)c1c(Cl)cnn1C1CCN(C(=O)C(C)(C)C)CC1. The fourth-order valence-electron chi connectivity index (χ4n) is 4.41. The van der Waals surface area contributed by atoms with E-state index in [1.54, 1.807) is 4.68 Å². The lowest BCUT2D eigenvalue weighted by Crippen LogP contribution is -2.44. The lowest BCUT2D eigenvalue weighted by Gasteiger charge is -2.36. The number of nitrogens with one attached hydrogen (secondary N) is 1. The number of ether oxygens (including phenoxy) is 1. The van der Waals surface area contributed by atoms with Crippen molar-refractivity contribution >= 4 is 29.1 Å². The normalized spacial score (nSPS) is 14.5. The molecule has 1 aliphatic rings. The zero-order valence-corrected chi connectivity index (χ0v) is 22.0. The molecular weight excluding hydrogens is 476 g/mol. The Bertz CT molecular complexity index is 1230. The van der Waals surface area contributed by atoms with Crippen LogP contribution in [0, 0.1) is 12.3 Å². The smallest absolute Gasteiger partial charge is 0.275 e. The second-order valence-electron chi connectivity index (χ2n) is 10.3. The van der Waals surface area contributed by atoms with Gasteiger partial charge in [0.05, 0.1) is 17.3 Å². The Morgan fingerprint density at radius 2 is 1.81 bits per heavy atom. The number of likely N-dealkylation sites (tertiary alicyclic amines) is 1. The maximum Gasteiger partial charge on any atom is 0.275 e. The highest BCUT2D eigenvalue weighted by Crippen LogP contribution is 2.30. The van der Waals surface area contributed by atoms with Crippen molar-refractivity contribution in [1.29, 1.82) is 0 Å². The second kappa shape index (κ2) is 10.7. The van der Waals surface area contributed by atoms with Crippen molar-refractivity contribution in [3.63, 3.8) is 0 Å². The van der Waals surface area contributed by atoms with Crippen LogP contribution in [0.5, 0.6) is 5.75 Å². The molecule has 0 bridgehead atoms. The Kier molecular flexibility index (Phi) is 7.69. The summed E-state index contributed by atoms with van der Waals surface area (Å²) >= 11 is 6.40. The standard InChI is InChI=1S/C28H33ClN4O3/c1-19-16-22(36-18-20-8-6-5-7-9-20)10-11-24(19)31-26(34)25-23(29)17-30-33(25)21-12-14-32(15-13-21)27(35)28(2,3)4/h5-11,16-17,21H,12-15,18H2,1-4H3,(H,31,34). The first-order valence-corrected chi connectivity index (χ1v) is 12.6. The van der Waals surface area contributed by atoms with Gasteiger partial charge in [0.25, 0.3) is 5.91 Å². The third-order valence-electron chi connectivity index (χ3n) is 6.40. The van der Waals surface area contributed by atoms with Gasteiger partial charge in [0.1, 0.15) is 18.1 Å². The Balaban J connectivity index is 1.41. The van der Waals surface area contributed by atoms with E-state index in [0.29, 0.717) is 48.9 Å². The molecule has 0 unspecified atom stereocenters. The fraction of sp³-hybridized carbons (Fsp3) is 0.393. The second-order valence-corrected chi connectivity index (χ2v) is 10.7. The molecule has 190 valence electrons. The fourth-order valence-corrected chi connectivity index (χ4v) is 4.62. The van der Waals surface area contributed by atoms with Gasteiger partial charge in [-0.3, -0.25) is 14.3 Å². The summed E-state index contributed by atoms with van der Waals surface area (Å²) in [6.45, 7) is 9.45. The van der Waals surface area contributed by atoms with Crippen LogP contribution in [0.2, 0.25) is 5.02 Å². The van der Waals surface area contributed by atoms with Gasteiger partial charge in [0, 0.05) is 24.2 Å². The first-order chi connectivity index (χ1) is 17.1. The molecule has 2 heterocycles. The Morgan fingerprint density at radius 1 is 1.11 bits per heavy atom. The molecule has 0 atom stereocenters. The highest BCUT2D eigenvalue weighted by atomic mass is 35.5. The summed E-state index contributed by atoms with van der Waals surface area (Å²) in [7, 11) is 0. The molecule has 8 heteroatoms. The summed E-state index contributed by atoms with van der Waals surface area (Å²) in [5, 5.41) is 7.69. The molecule has 3 aromatic rings. The minimum atomic E-state index is -0.410. The third-order valence-corrected chi connectivity index (χ3v) is 6.68. The van der Waals surface area contributed by atoms with E-state index in [4.69, 9.17) is 16.3 Å². The van der Waals surface area contributed by atoms with Gasteiger partial charge in [-0.25, -0.2) is 0 Å². The van der Waals surface area contributed by atoms with Gasteiger partial charge in [-0.15, -0.1) is 0 Å². The summed E-state index contributed by atoms with van der Waals surface area (Å²) in [5.74, 6) is 0.560. The molecule has 1 saturated heterocycles. The van der Waals surface area contributed by atoms with Gasteiger partial charge in [0.15, 0.2) is 0 Å². The summed E-state index contributed by atoms with van der Waals surface area (Å²) in [5.41, 5.74) is 2.57. The van der Waals surface area contributed by atoms with E-state index in [0.717, 1.165) is 16.9 Å². The van der Waals surface area contributed by atoms with Gasteiger partial charge in [0.2, 0.25) is 5.91 Å². The predicted molar refractivity (Wildman–Crippen MR) is 141 cm³/mol. The summed E-state index contributed by atoms with van der Waals surface area (Å²) < 4.78 is 7.60. The van der Waals surface area contributed by atoms with Gasteiger partial charge in [-0.2, -0.15) is 5.10 Å². The van der Waals surface area contributed by atoms with E-state index in [1.165, 1.54) is 6.20 Å². The minimum Gasteiger partial charge on any atom is -0.489 e. The monoisotopic (exact) mass is 508 g/mol. The summed E-state index contributed by atoms with van der Waals surface area (Å²) in [4.78, 5) is 27.8. The number of rotatable bonds is 6. The number of amides is 2. The molecule has 4 rings (SSSR count). The van der Waals surface area contributed by atoms with E-state index < -0.39 is 5.41 Å². The number of benzene rings is 2. The molecule has 0 spiro atoms. The van der Waals surface area contributed by atoms with Crippen LogP contribution in [0.15, 0.2) is 54.7 Å². The topological polar surface area (TPSA) is 76.5 Å². The first kappa shape index (κ1) is 25.8. The van der Waals surface area contributed by atoms with Crippen LogP contribution in [0.25, 0.3) is 0 Å². The molecule has 1 aromatic heterocycles. The van der Waals surface area contributed by atoms with E-state index in [9.17, 15) is 9.59 Å². The molecule has 1 fully saturated rings. The Hall–Kier alpha value is -3.32. The Labute approximate surface area is 217 Å². The van der Waals surface area contributed by atoms with Crippen LogP contribution in [0.1, 0.15) is 61.3 Å². The lowest BCUT2D eigenvalue weighted by molar-refractivity contribution is -0.140. The molecular formula is C28H33ClN4O3. The molecule has 2 amide bonds. The van der Waals surface area contributed by atoms with Crippen LogP contribution < -0.4 is 10.1 Å². The van der Waals surface area contributed by atoms with Gasteiger partial charge in [-0.05, 0) is 49.1 Å². The zero-order chi connectivity index (χ0) is 25.9. The molecule has 2 aromatic carbocycles. The van der Waals surface area contributed by atoms with Crippen LogP contribution in [0.3, 0.4) is 0 Å². The van der Waals surface area contributed by atoms with Crippen LogP contribution in [-0.4, -0.2) is 39.6 Å². The number of piperidine rings is 1. The minimum absolute atomic E-state index is 0.00266. The number of hydrogen-bond acceptors (Lipinski definition) is 4. The van der Waals surface area contributed by atoms with Crippen molar-refractivity contribution in [2.24, 2.45) is 5.41 Å². The quantitative estimate of drug-likeness (QED) is 0.450. The number of anilines is 1. The van der Waals surface area contributed by atoms with Gasteiger partial charge >= 0.3 is 0 Å². The third kappa shape index (κ3) is 5.90. The van der Waals surface area contributed by atoms with Crippen LogP contribution in [-0.2, 0) is 11.4 Å². The maximum absolute atomic E-state index is 13.3. The van der Waals surface area contributed by atoms with Gasteiger partial charge < -0.3 is 15.0 Å². The number of carbonyl (C=O) groups is 2. The largest absolute Gasteiger partial charge is 0.489 e. The summed E-state index contributed by atoms with van der Waals surface area (Å²) in [6.07, 6.45) is 2.94. The predicted octanol–water partition coefficient (Wildman–Crippen LogP) is 5.89. The maximum atomic E-state index is 13.3. The highest BCUT2D eigenvalue weighted by molar-refractivity contribution is 6.34.